The lowest BCUT2D eigenvalue weighted by molar-refractivity contribution is 0.0921. The van der Waals surface area contributed by atoms with Crippen LogP contribution in [0.2, 0.25) is 0 Å². The average Bonchev–Trinajstić information content (AvgIpc) is 2.91. The Hall–Kier alpha value is -0.590. The van der Waals surface area contributed by atoms with Crippen molar-refractivity contribution >= 4 is 37.0 Å². The Labute approximate surface area is 134 Å². The Morgan fingerprint density at radius 1 is 1.38 bits per heavy atom. The van der Waals surface area contributed by atoms with Gasteiger partial charge in [0.15, 0.2) is 0 Å². The van der Waals surface area contributed by atoms with E-state index in [4.69, 9.17) is 10.7 Å². The van der Waals surface area contributed by atoms with Crippen LogP contribution in [0.4, 0.5) is 0 Å². The Morgan fingerprint density at radius 3 is 2.57 bits per heavy atom. The van der Waals surface area contributed by atoms with Gasteiger partial charge in [-0.2, -0.15) is 0 Å². The minimum atomic E-state index is -3.75. The molecule has 118 valence electrons. The van der Waals surface area contributed by atoms with Crippen LogP contribution in [0.1, 0.15) is 55.8 Å². The fraction of sp³-hybridized carbons (Fsp3) is 0.643. The molecule has 7 heteroatoms. The summed E-state index contributed by atoms with van der Waals surface area (Å²) in [7, 11) is 1.51. The molecule has 0 unspecified atom stereocenters. The summed E-state index contributed by atoms with van der Waals surface area (Å²) in [5, 5.41) is 4.53. The predicted octanol–water partition coefficient (Wildman–Crippen LogP) is 3.76. The molecular formula is C14H20ClNO3S2. The molecule has 0 radical (unpaired) electrons. The van der Waals surface area contributed by atoms with E-state index in [0.29, 0.717) is 5.56 Å². The number of hydrogen-bond acceptors (Lipinski definition) is 4. The van der Waals surface area contributed by atoms with E-state index in [2.05, 4.69) is 12.2 Å². The van der Waals surface area contributed by atoms with Crippen LogP contribution in [0.25, 0.3) is 0 Å². The predicted molar refractivity (Wildman–Crippen MR) is 85.5 cm³/mol. The molecule has 0 atom stereocenters. The molecule has 1 aromatic rings. The third-order valence-electron chi connectivity index (χ3n) is 3.96. The second kappa shape index (κ2) is 7.11. The molecule has 1 N–H and O–H groups in total. The monoisotopic (exact) mass is 349 g/mol. The summed E-state index contributed by atoms with van der Waals surface area (Å²) in [6.07, 6.45) is 6.80. The van der Waals surface area contributed by atoms with E-state index in [1.807, 2.05) is 0 Å². The number of nitrogens with one attached hydrogen (secondary N) is 1. The van der Waals surface area contributed by atoms with Crippen LogP contribution in [-0.4, -0.2) is 20.4 Å². The summed E-state index contributed by atoms with van der Waals surface area (Å²) in [4.78, 5) is 12.1. The van der Waals surface area contributed by atoms with Gasteiger partial charge in [-0.25, -0.2) is 8.42 Å². The molecule has 1 amide bonds. The first-order valence-corrected chi connectivity index (χ1v) is 10.4. The van der Waals surface area contributed by atoms with Crippen molar-refractivity contribution in [3.05, 3.63) is 17.0 Å². The van der Waals surface area contributed by atoms with Gasteiger partial charge in [0.25, 0.3) is 15.0 Å². The second-order valence-electron chi connectivity index (χ2n) is 5.57. The first-order chi connectivity index (χ1) is 9.90. The highest BCUT2D eigenvalue weighted by Gasteiger charge is 2.23. The normalized spacial score (nSPS) is 23.0. The SMILES string of the molecule is CCCC1CCC(NC(=O)c2csc(S(=O)(=O)Cl)c2)CC1. The largest absolute Gasteiger partial charge is 0.349 e. The molecule has 1 fully saturated rings. The summed E-state index contributed by atoms with van der Waals surface area (Å²) < 4.78 is 22.4. The number of thiophene rings is 1. The van der Waals surface area contributed by atoms with Crippen LogP contribution in [0.15, 0.2) is 15.7 Å². The highest BCUT2D eigenvalue weighted by Crippen LogP contribution is 2.28. The highest BCUT2D eigenvalue weighted by atomic mass is 35.7. The summed E-state index contributed by atoms with van der Waals surface area (Å²) in [6, 6.07) is 1.53. The van der Waals surface area contributed by atoms with E-state index in [-0.39, 0.29) is 16.2 Å². The van der Waals surface area contributed by atoms with Gasteiger partial charge in [0, 0.05) is 22.1 Å². The molecule has 2 rings (SSSR count). The molecule has 21 heavy (non-hydrogen) atoms. The van der Waals surface area contributed by atoms with E-state index in [0.717, 1.165) is 42.9 Å². The molecule has 0 spiro atoms. The van der Waals surface area contributed by atoms with Crippen LogP contribution in [0.3, 0.4) is 0 Å². The zero-order valence-corrected chi connectivity index (χ0v) is 14.4. The van der Waals surface area contributed by atoms with Gasteiger partial charge < -0.3 is 5.32 Å². The maximum atomic E-state index is 12.1. The first-order valence-electron chi connectivity index (χ1n) is 7.24. The molecule has 0 aliphatic heterocycles. The van der Waals surface area contributed by atoms with Crippen LogP contribution in [-0.2, 0) is 9.05 Å². The fourth-order valence-electron chi connectivity index (χ4n) is 2.84. The standard InChI is InChI=1S/C14H20ClNO3S2/c1-2-3-10-4-6-12(7-5-10)16-14(17)11-8-13(20-9-11)21(15,18)19/h8-10,12H,2-7H2,1H3,(H,16,17). The first kappa shape index (κ1) is 16.8. The van der Waals surface area contributed by atoms with Crippen molar-refractivity contribution in [1.82, 2.24) is 5.32 Å². The van der Waals surface area contributed by atoms with E-state index in [1.165, 1.54) is 24.3 Å². The van der Waals surface area contributed by atoms with Gasteiger partial charge in [0.05, 0.1) is 5.56 Å². The van der Waals surface area contributed by atoms with Crippen LogP contribution in [0, 0.1) is 5.92 Å². The van der Waals surface area contributed by atoms with Gasteiger partial charge in [-0.1, -0.05) is 19.8 Å². The molecule has 1 aliphatic rings. The molecule has 1 aliphatic carbocycles. The van der Waals surface area contributed by atoms with Gasteiger partial charge in [0.1, 0.15) is 4.21 Å². The van der Waals surface area contributed by atoms with Crippen molar-refractivity contribution in [2.75, 3.05) is 0 Å². The Kier molecular flexibility index (Phi) is 5.68. The second-order valence-corrected chi connectivity index (χ2v) is 9.28. The van der Waals surface area contributed by atoms with Crippen molar-refractivity contribution in [1.29, 1.82) is 0 Å². The number of hydrogen-bond donors (Lipinski definition) is 1. The lowest BCUT2D eigenvalue weighted by Crippen LogP contribution is -2.37. The molecule has 0 saturated heterocycles. The number of halogens is 1. The van der Waals surface area contributed by atoms with E-state index >= 15 is 0 Å². The van der Waals surface area contributed by atoms with Gasteiger partial charge >= 0.3 is 0 Å². The van der Waals surface area contributed by atoms with E-state index in [1.54, 1.807) is 0 Å². The van der Waals surface area contributed by atoms with Crippen molar-refractivity contribution in [2.24, 2.45) is 5.92 Å². The van der Waals surface area contributed by atoms with Gasteiger partial charge in [-0.05, 0) is 37.7 Å². The molecule has 0 bridgehead atoms. The third kappa shape index (κ3) is 4.69. The Balaban J connectivity index is 1.89. The minimum Gasteiger partial charge on any atom is -0.349 e. The average molecular weight is 350 g/mol. The van der Waals surface area contributed by atoms with Crippen molar-refractivity contribution in [3.63, 3.8) is 0 Å². The molecule has 4 nitrogen and oxygen atoms in total. The van der Waals surface area contributed by atoms with Crippen LogP contribution >= 0.6 is 22.0 Å². The summed E-state index contributed by atoms with van der Waals surface area (Å²) in [5.41, 5.74) is 0.370. The summed E-state index contributed by atoms with van der Waals surface area (Å²) >= 11 is 0.973. The number of carbonyl (C=O) groups is 1. The lowest BCUT2D eigenvalue weighted by Gasteiger charge is -2.28. The lowest BCUT2D eigenvalue weighted by atomic mass is 9.83. The molecule has 1 heterocycles. The van der Waals surface area contributed by atoms with Crippen molar-refractivity contribution in [3.8, 4) is 0 Å². The quantitative estimate of drug-likeness (QED) is 0.823. The minimum absolute atomic E-state index is 0.0148. The molecule has 1 aromatic heterocycles. The smallest absolute Gasteiger partial charge is 0.270 e. The molecule has 0 aromatic carbocycles. The number of rotatable bonds is 5. The van der Waals surface area contributed by atoms with E-state index in [9.17, 15) is 13.2 Å². The summed E-state index contributed by atoms with van der Waals surface area (Å²) in [5.74, 6) is 0.578. The summed E-state index contributed by atoms with van der Waals surface area (Å²) in [6.45, 7) is 2.20. The molecular weight excluding hydrogens is 330 g/mol. The van der Waals surface area contributed by atoms with E-state index < -0.39 is 9.05 Å². The van der Waals surface area contributed by atoms with Crippen molar-refractivity contribution < 1.29 is 13.2 Å². The number of amides is 1. The Bertz CT molecular complexity index is 589. The maximum absolute atomic E-state index is 12.1. The van der Waals surface area contributed by atoms with Gasteiger partial charge in [0.2, 0.25) is 0 Å². The number of carbonyl (C=O) groups excluding carboxylic acids is 1. The zero-order chi connectivity index (χ0) is 15.5. The van der Waals surface area contributed by atoms with Crippen LogP contribution < -0.4 is 5.32 Å². The fourth-order valence-corrected chi connectivity index (χ4v) is 4.78. The third-order valence-corrected chi connectivity index (χ3v) is 7.00. The Morgan fingerprint density at radius 2 is 2.05 bits per heavy atom. The van der Waals surface area contributed by atoms with Crippen molar-refractivity contribution in [2.45, 2.75) is 55.7 Å². The zero-order valence-electron chi connectivity index (χ0n) is 12.0. The molecule has 1 saturated carbocycles. The van der Waals surface area contributed by atoms with Gasteiger partial charge in [-0.3, -0.25) is 4.79 Å². The maximum Gasteiger partial charge on any atom is 0.270 e. The van der Waals surface area contributed by atoms with Gasteiger partial charge in [-0.15, -0.1) is 11.3 Å². The highest BCUT2D eigenvalue weighted by molar-refractivity contribution is 8.15. The topological polar surface area (TPSA) is 63.2 Å². The van der Waals surface area contributed by atoms with Crippen LogP contribution in [0.5, 0.6) is 0 Å².